The molecule has 0 saturated heterocycles. The number of unbranched alkanes of at least 4 members (excludes halogenated alkanes) is 4. The second-order valence-corrected chi connectivity index (χ2v) is 7.29. The van der Waals surface area contributed by atoms with Crippen LogP contribution in [-0.4, -0.2) is 59.6 Å². The Bertz CT molecular complexity index is 294. The molecule has 0 aliphatic carbocycles. The SMILES string of the molecule is CCCCN(CCCC)CC(O)CCC(=O)N(CCCC)CCCC. The van der Waals surface area contributed by atoms with Crippen LogP contribution in [0.15, 0.2) is 0 Å². The van der Waals surface area contributed by atoms with E-state index in [0.717, 1.165) is 51.9 Å². The van der Waals surface area contributed by atoms with Gasteiger partial charge in [-0.25, -0.2) is 0 Å². The van der Waals surface area contributed by atoms with Crippen molar-refractivity contribution in [3.8, 4) is 0 Å². The molecule has 0 bridgehead atoms. The molecule has 0 saturated carbocycles. The van der Waals surface area contributed by atoms with Crippen molar-refractivity contribution in [2.45, 2.75) is 98.0 Å². The lowest BCUT2D eigenvalue weighted by molar-refractivity contribution is -0.132. The molecule has 0 aromatic carbocycles. The summed E-state index contributed by atoms with van der Waals surface area (Å²) in [7, 11) is 0. The lowest BCUT2D eigenvalue weighted by Crippen LogP contribution is -2.36. The van der Waals surface area contributed by atoms with Gasteiger partial charge in [-0.1, -0.05) is 53.4 Å². The second kappa shape index (κ2) is 16.8. The van der Waals surface area contributed by atoms with Crippen LogP contribution in [0.25, 0.3) is 0 Å². The first-order valence-corrected chi connectivity index (χ1v) is 10.8. The van der Waals surface area contributed by atoms with Crippen molar-refractivity contribution in [3.63, 3.8) is 0 Å². The third-order valence-electron chi connectivity index (χ3n) is 4.73. The van der Waals surface area contributed by atoms with E-state index in [1.165, 1.54) is 25.7 Å². The van der Waals surface area contributed by atoms with Crippen LogP contribution in [0.2, 0.25) is 0 Å². The van der Waals surface area contributed by atoms with E-state index in [-0.39, 0.29) is 5.91 Å². The number of hydrogen-bond acceptors (Lipinski definition) is 3. The van der Waals surface area contributed by atoms with Crippen LogP contribution in [0.3, 0.4) is 0 Å². The zero-order chi connectivity index (χ0) is 18.9. The van der Waals surface area contributed by atoms with Crippen LogP contribution in [0, 0.1) is 0 Å². The molecule has 1 unspecified atom stereocenters. The summed E-state index contributed by atoms with van der Waals surface area (Å²) in [5.41, 5.74) is 0. The third kappa shape index (κ3) is 13.3. The van der Waals surface area contributed by atoms with Crippen LogP contribution in [0.4, 0.5) is 0 Å². The number of carbonyl (C=O) groups excluding carboxylic acids is 1. The number of aliphatic hydroxyl groups excluding tert-OH is 1. The van der Waals surface area contributed by atoms with Gasteiger partial charge in [0.05, 0.1) is 6.10 Å². The van der Waals surface area contributed by atoms with Gasteiger partial charge in [-0.3, -0.25) is 4.79 Å². The van der Waals surface area contributed by atoms with Crippen molar-refractivity contribution in [2.75, 3.05) is 32.7 Å². The quantitative estimate of drug-likeness (QED) is 0.418. The average molecular weight is 357 g/mol. The molecule has 1 amide bonds. The highest BCUT2D eigenvalue weighted by Crippen LogP contribution is 2.08. The fourth-order valence-corrected chi connectivity index (χ4v) is 2.95. The van der Waals surface area contributed by atoms with Gasteiger partial charge in [0.2, 0.25) is 5.91 Å². The van der Waals surface area contributed by atoms with E-state index in [9.17, 15) is 9.90 Å². The van der Waals surface area contributed by atoms with Crippen molar-refractivity contribution in [2.24, 2.45) is 0 Å². The summed E-state index contributed by atoms with van der Waals surface area (Å²) in [4.78, 5) is 16.9. The molecular formula is C21H44N2O2. The molecule has 0 aromatic rings. The molecule has 1 N–H and O–H groups in total. The van der Waals surface area contributed by atoms with Crippen LogP contribution in [0.5, 0.6) is 0 Å². The summed E-state index contributed by atoms with van der Waals surface area (Å²) < 4.78 is 0. The van der Waals surface area contributed by atoms with E-state index in [1.807, 2.05) is 4.90 Å². The first-order valence-electron chi connectivity index (χ1n) is 10.8. The van der Waals surface area contributed by atoms with Gasteiger partial charge in [-0.2, -0.15) is 0 Å². The molecule has 0 aliphatic heterocycles. The van der Waals surface area contributed by atoms with Crippen molar-refractivity contribution in [1.29, 1.82) is 0 Å². The van der Waals surface area contributed by atoms with Crippen LogP contribution >= 0.6 is 0 Å². The molecule has 0 aromatic heterocycles. The van der Waals surface area contributed by atoms with Gasteiger partial charge in [0.25, 0.3) is 0 Å². The van der Waals surface area contributed by atoms with Gasteiger partial charge in [0, 0.05) is 26.1 Å². The molecule has 150 valence electrons. The Morgan fingerprint density at radius 3 is 1.68 bits per heavy atom. The fraction of sp³-hybridized carbons (Fsp3) is 0.952. The highest BCUT2D eigenvalue weighted by molar-refractivity contribution is 5.76. The average Bonchev–Trinajstić information content (AvgIpc) is 2.62. The summed E-state index contributed by atoms with van der Waals surface area (Å²) in [6, 6.07) is 0. The molecule has 0 fully saturated rings. The predicted octanol–water partition coefficient (Wildman–Crippen LogP) is 4.46. The third-order valence-corrected chi connectivity index (χ3v) is 4.73. The van der Waals surface area contributed by atoms with Gasteiger partial charge < -0.3 is 14.9 Å². The minimum Gasteiger partial charge on any atom is -0.392 e. The highest BCUT2D eigenvalue weighted by atomic mass is 16.3. The van der Waals surface area contributed by atoms with E-state index >= 15 is 0 Å². The molecule has 4 nitrogen and oxygen atoms in total. The zero-order valence-electron chi connectivity index (χ0n) is 17.4. The maximum absolute atomic E-state index is 12.5. The molecule has 4 heteroatoms. The van der Waals surface area contributed by atoms with Crippen LogP contribution < -0.4 is 0 Å². The van der Waals surface area contributed by atoms with E-state index in [4.69, 9.17) is 0 Å². The van der Waals surface area contributed by atoms with E-state index < -0.39 is 6.10 Å². The van der Waals surface area contributed by atoms with Crippen LogP contribution in [-0.2, 0) is 4.79 Å². The Morgan fingerprint density at radius 1 is 0.800 bits per heavy atom. The zero-order valence-corrected chi connectivity index (χ0v) is 17.4. The Labute approximate surface area is 157 Å². The van der Waals surface area contributed by atoms with Gasteiger partial charge >= 0.3 is 0 Å². The Balaban J connectivity index is 4.30. The number of nitrogens with zero attached hydrogens (tertiary/aromatic N) is 2. The fourth-order valence-electron chi connectivity index (χ4n) is 2.95. The molecule has 0 rings (SSSR count). The van der Waals surface area contributed by atoms with Crippen molar-refractivity contribution >= 4 is 5.91 Å². The minimum absolute atomic E-state index is 0.217. The van der Waals surface area contributed by atoms with Crippen LogP contribution in [0.1, 0.15) is 91.9 Å². The smallest absolute Gasteiger partial charge is 0.222 e. The van der Waals surface area contributed by atoms with Crippen molar-refractivity contribution in [1.82, 2.24) is 9.80 Å². The summed E-state index contributed by atoms with van der Waals surface area (Å²) in [5.74, 6) is 0.217. The Morgan fingerprint density at radius 2 is 1.24 bits per heavy atom. The molecular weight excluding hydrogens is 312 g/mol. The van der Waals surface area contributed by atoms with Gasteiger partial charge in [-0.15, -0.1) is 0 Å². The summed E-state index contributed by atoms with van der Waals surface area (Å²) >= 11 is 0. The molecule has 1 atom stereocenters. The maximum Gasteiger partial charge on any atom is 0.222 e. The van der Waals surface area contributed by atoms with Gasteiger partial charge in [0.15, 0.2) is 0 Å². The summed E-state index contributed by atoms with van der Waals surface area (Å²) in [5, 5.41) is 10.4. The largest absolute Gasteiger partial charge is 0.392 e. The van der Waals surface area contributed by atoms with E-state index in [2.05, 4.69) is 32.6 Å². The molecule has 25 heavy (non-hydrogen) atoms. The monoisotopic (exact) mass is 356 g/mol. The summed E-state index contributed by atoms with van der Waals surface area (Å²) in [6.45, 7) is 13.3. The highest BCUT2D eigenvalue weighted by Gasteiger charge is 2.16. The Hall–Kier alpha value is -0.610. The van der Waals surface area contributed by atoms with Crippen molar-refractivity contribution in [3.05, 3.63) is 0 Å². The van der Waals surface area contributed by atoms with E-state index in [0.29, 0.717) is 19.4 Å². The summed E-state index contributed by atoms with van der Waals surface area (Å²) in [6.07, 6.45) is 9.75. The lowest BCUT2D eigenvalue weighted by Gasteiger charge is -2.26. The number of rotatable bonds is 17. The Kier molecular flexibility index (Phi) is 16.4. The van der Waals surface area contributed by atoms with E-state index in [1.54, 1.807) is 0 Å². The normalized spacial score (nSPS) is 12.6. The number of amides is 1. The van der Waals surface area contributed by atoms with Gasteiger partial charge in [0.1, 0.15) is 0 Å². The number of aliphatic hydroxyl groups is 1. The maximum atomic E-state index is 12.5. The number of hydrogen-bond donors (Lipinski definition) is 1. The number of carbonyl (C=O) groups is 1. The minimum atomic E-state index is -0.392. The predicted molar refractivity (Wildman–Crippen MR) is 108 cm³/mol. The van der Waals surface area contributed by atoms with Crippen molar-refractivity contribution < 1.29 is 9.90 Å². The molecule has 0 spiro atoms. The standard InChI is InChI=1S/C21H44N2O2/c1-5-9-15-22(16-10-6-2)19-20(24)13-14-21(25)23(17-11-7-3)18-12-8-4/h20,24H,5-19H2,1-4H3. The first kappa shape index (κ1) is 24.4. The lowest BCUT2D eigenvalue weighted by atomic mass is 10.1. The topological polar surface area (TPSA) is 43.8 Å². The van der Waals surface area contributed by atoms with Gasteiger partial charge in [-0.05, 0) is 45.2 Å². The first-order chi connectivity index (χ1) is 12.1. The second-order valence-electron chi connectivity index (χ2n) is 7.29. The molecule has 0 aliphatic rings. The molecule has 0 radical (unpaired) electrons. The molecule has 0 heterocycles.